The van der Waals surface area contributed by atoms with Crippen LogP contribution < -0.4 is 16.0 Å². The van der Waals surface area contributed by atoms with Gasteiger partial charge in [-0.2, -0.15) is 0 Å². The summed E-state index contributed by atoms with van der Waals surface area (Å²) in [6.07, 6.45) is -1.18. The van der Waals surface area contributed by atoms with Gasteiger partial charge in [-0.25, -0.2) is 0 Å². The van der Waals surface area contributed by atoms with Gasteiger partial charge in [0.1, 0.15) is 6.17 Å². The number of nitrogens with zero attached hydrogens (tertiary/aromatic N) is 1. The van der Waals surface area contributed by atoms with Crippen LogP contribution in [0.1, 0.15) is 10.4 Å². The summed E-state index contributed by atoms with van der Waals surface area (Å²) < 4.78 is -1.22. The Hall–Kier alpha value is -1.65. The lowest BCUT2D eigenvalue weighted by atomic mass is 10.2. The molecule has 0 unspecified atom stereocenters. The van der Waals surface area contributed by atoms with Crippen molar-refractivity contribution in [2.45, 2.75) is 9.96 Å². The quantitative estimate of drug-likeness (QED) is 0.171. The normalized spacial score (nSPS) is 12.0. The van der Waals surface area contributed by atoms with Crippen LogP contribution in [0.2, 0.25) is 0 Å². The first kappa shape index (κ1) is 22.6. The molecule has 0 saturated heterocycles. The highest BCUT2D eigenvalue weighted by Gasteiger charge is 2.35. The van der Waals surface area contributed by atoms with Crippen LogP contribution in [0.5, 0.6) is 0 Å². The number of thiocarbonyl (C=S) groups is 1. The number of benzene rings is 2. The first-order valence-corrected chi connectivity index (χ1v) is 9.85. The van der Waals surface area contributed by atoms with E-state index in [1.54, 1.807) is 30.3 Å². The van der Waals surface area contributed by atoms with Crippen molar-refractivity contribution in [3.05, 3.63) is 68.7 Å². The van der Waals surface area contributed by atoms with Gasteiger partial charge in [0.15, 0.2) is 5.11 Å². The largest absolute Gasteiger partial charge is 0.339 e. The Morgan fingerprint density at radius 3 is 2.43 bits per heavy atom. The number of nitro benzene ring substituents is 1. The second kappa shape index (κ2) is 9.71. The van der Waals surface area contributed by atoms with Crippen LogP contribution in [0.15, 0.2) is 53.0 Å². The van der Waals surface area contributed by atoms with E-state index in [0.717, 1.165) is 0 Å². The van der Waals surface area contributed by atoms with E-state index in [0.29, 0.717) is 15.7 Å². The van der Waals surface area contributed by atoms with Gasteiger partial charge in [-0.3, -0.25) is 14.9 Å². The molecule has 0 bridgehead atoms. The molecular formula is C16H12BrCl3N4O3S. The number of carbonyl (C=O) groups excluding carboxylic acids is 1. The van der Waals surface area contributed by atoms with Crippen LogP contribution in [0.4, 0.5) is 11.4 Å². The molecule has 7 nitrogen and oxygen atoms in total. The minimum Gasteiger partial charge on any atom is -0.339 e. The number of hydrogen-bond acceptors (Lipinski definition) is 4. The molecule has 0 radical (unpaired) electrons. The van der Waals surface area contributed by atoms with Crippen LogP contribution in [-0.2, 0) is 0 Å². The number of nitro groups is 1. The number of hydrogen-bond donors (Lipinski definition) is 3. The fraction of sp³-hybridized carbons (Fsp3) is 0.125. The van der Waals surface area contributed by atoms with Gasteiger partial charge in [0.05, 0.1) is 4.92 Å². The van der Waals surface area contributed by atoms with Crippen LogP contribution in [-0.4, -0.2) is 25.9 Å². The van der Waals surface area contributed by atoms with E-state index in [4.69, 9.17) is 47.0 Å². The third kappa shape index (κ3) is 6.75. The van der Waals surface area contributed by atoms with Gasteiger partial charge < -0.3 is 16.0 Å². The number of non-ortho nitro benzene ring substituents is 1. The molecule has 0 fully saturated rings. The van der Waals surface area contributed by atoms with E-state index in [2.05, 4.69) is 31.9 Å². The lowest BCUT2D eigenvalue weighted by Crippen LogP contribution is -2.56. The average Bonchev–Trinajstić information content (AvgIpc) is 2.60. The van der Waals surface area contributed by atoms with Gasteiger partial charge in [0, 0.05) is 27.9 Å². The van der Waals surface area contributed by atoms with E-state index >= 15 is 0 Å². The molecule has 2 aromatic rings. The SMILES string of the molecule is O=C(N[C@H](NC(=S)Nc1cccc([N+](=O)[O-])c1)C(Cl)(Cl)Cl)c1cccc(Br)c1. The van der Waals surface area contributed by atoms with Gasteiger partial charge in [-0.1, -0.05) is 62.9 Å². The smallest absolute Gasteiger partial charge is 0.271 e. The third-order valence-corrected chi connectivity index (χ3v) is 4.65. The van der Waals surface area contributed by atoms with Crippen LogP contribution in [0, 0.1) is 10.1 Å². The molecule has 0 aromatic heterocycles. The number of nitrogens with one attached hydrogen (secondary N) is 3. The predicted molar refractivity (Wildman–Crippen MR) is 118 cm³/mol. The van der Waals surface area contributed by atoms with Crippen LogP contribution >= 0.6 is 63.0 Å². The minimum absolute atomic E-state index is 0.00800. The van der Waals surface area contributed by atoms with Crippen molar-refractivity contribution >= 4 is 85.3 Å². The van der Waals surface area contributed by atoms with Gasteiger partial charge in [0.2, 0.25) is 3.79 Å². The molecule has 0 spiro atoms. The standard InChI is InChI=1S/C16H12BrCl3N4O3S/c17-10-4-1-3-9(7-10)13(25)22-14(16(18,19)20)23-15(28)21-11-5-2-6-12(8-11)24(26)27/h1-8,14H,(H,22,25)(H2,21,23,28)/t14-/m1/s1. The molecule has 3 N–H and O–H groups in total. The molecule has 1 amide bonds. The molecule has 2 aromatic carbocycles. The molecule has 28 heavy (non-hydrogen) atoms. The summed E-state index contributed by atoms with van der Waals surface area (Å²) in [6.45, 7) is 0. The second-order valence-electron chi connectivity index (χ2n) is 5.36. The van der Waals surface area contributed by atoms with E-state index in [9.17, 15) is 14.9 Å². The van der Waals surface area contributed by atoms with Crippen molar-refractivity contribution in [2.75, 3.05) is 5.32 Å². The summed E-state index contributed by atoms with van der Waals surface area (Å²) >= 11 is 26.3. The Bertz CT molecular complexity index is 911. The highest BCUT2D eigenvalue weighted by atomic mass is 79.9. The van der Waals surface area contributed by atoms with Crippen molar-refractivity contribution in [3.63, 3.8) is 0 Å². The highest BCUT2D eigenvalue weighted by molar-refractivity contribution is 9.10. The maximum atomic E-state index is 12.4. The maximum Gasteiger partial charge on any atom is 0.271 e. The number of anilines is 1. The predicted octanol–water partition coefficient (Wildman–Crippen LogP) is 4.77. The molecule has 0 aliphatic rings. The molecule has 1 atom stereocenters. The number of rotatable bonds is 5. The highest BCUT2D eigenvalue weighted by Crippen LogP contribution is 2.29. The zero-order chi connectivity index (χ0) is 20.9. The summed E-state index contributed by atoms with van der Waals surface area (Å²) in [7, 11) is 0. The van der Waals surface area contributed by atoms with Crippen molar-refractivity contribution < 1.29 is 9.72 Å². The summed E-state index contributed by atoms with van der Waals surface area (Å²) in [5.74, 6) is -0.497. The molecule has 0 saturated carbocycles. The van der Waals surface area contributed by atoms with Crippen molar-refractivity contribution in [1.82, 2.24) is 10.6 Å². The molecule has 2 rings (SSSR count). The average molecular weight is 527 g/mol. The Balaban J connectivity index is 2.09. The second-order valence-corrected chi connectivity index (χ2v) is 9.06. The third-order valence-electron chi connectivity index (χ3n) is 3.28. The summed E-state index contributed by atoms with van der Waals surface area (Å²) in [5.41, 5.74) is 0.578. The van der Waals surface area contributed by atoms with E-state index in [1.165, 1.54) is 18.2 Å². The molecule has 0 aliphatic carbocycles. The Labute approximate surface area is 189 Å². The van der Waals surface area contributed by atoms with Gasteiger partial charge in [0.25, 0.3) is 11.6 Å². The van der Waals surface area contributed by atoms with E-state index in [1.807, 2.05) is 0 Å². The van der Waals surface area contributed by atoms with Crippen molar-refractivity contribution in [2.24, 2.45) is 0 Å². The minimum atomic E-state index is -1.93. The fourth-order valence-corrected chi connectivity index (χ4v) is 3.00. The number of alkyl halides is 3. The van der Waals surface area contributed by atoms with Gasteiger partial charge in [-0.05, 0) is 36.5 Å². The van der Waals surface area contributed by atoms with Gasteiger partial charge in [-0.15, -0.1) is 0 Å². The fourth-order valence-electron chi connectivity index (χ4n) is 2.04. The first-order valence-electron chi connectivity index (χ1n) is 7.51. The molecular weight excluding hydrogens is 515 g/mol. The number of carbonyl (C=O) groups is 1. The summed E-state index contributed by atoms with van der Waals surface area (Å²) in [6, 6.07) is 12.3. The number of amides is 1. The maximum absolute atomic E-state index is 12.4. The van der Waals surface area contributed by atoms with Crippen molar-refractivity contribution in [3.8, 4) is 0 Å². The van der Waals surface area contributed by atoms with Crippen molar-refractivity contribution in [1.29, 1.82) is 0 Å². The zero-order valence-corrected chi connectivity index (χ0v) is 18.5. The molecule has 148 valence electrons. The topological polar surface area (TPSA) is 96.3 Å². The first-order chi connectivity index (χ1) is 13.1. The lowest BCUT2D eigenvalue weighted by molar-refractivity contribution is -0.384. The Kier molecular flexibility index (Phi) is 7.85. The van der Waals surface area contributed by atoms with E-state index < -0.39 is 20.8 Å². The monoisotopic (exact) mass is 524 g/mol. The molecule has 12 heteroatoms. The summed E-state index contributed by atoms with van der Waals surface area (Å²) in [4.78, 5) is 22.7. The zero-order valence-electron chi connectivity index (χ0n) is 13.8. The van der Waals surface area contributed by atoms with Gasteiger partial charge >= 0.3 is 0 Å². The lowest BCUT2D eigenvalue weighted by Gasteiger charge is -2.27. The number of halogens is 4. The van der Waals surface area contributed by atoms with Crippen LogP contribution in [0.3, 0.4) is 0 Å². The van der Waals surface area contributed by atoms with E-state index in [-0.39, 0.29) is 10.8 Å². The molecule has 0 aliphatic heterocycles. The Morgan fingerprint density at radius 2 is 1.82 bits per heavy atom. The Morgan fingerprint density at radius 1 is 1.14 bits per heavy atom. The summed E-state index contributed by atoms with van der Waals surface area (Å²) in [5, 5.41) is 18.8. The molecule has 0 heterocycles. The van der Waals surface area contributed by atoms with Crippen LogP contribution in [0.25, 0.3) is 0 Å².